The maximum atomic E-state index is 12.6. The predicted octanol–water partition coefficient (Wildman–Crippen LogP) is 2.20. The molecule has 2 saturated heterocycles. The number of anilines is 1. The summed E-state index contributed by atoms with van der Waals surface area (Å²) in [5.74, 6) is 2.09. The molecule has 0 aromatic carbocycles. The Morgan fingerprint density at radius 3 is 2.87 bits per heavy atom. The van der Waals surface area contributed by atoms with E-state index in [0.717, 1.165) is 32.0 Å². The molecular formula is C14H17F2IN6. The highest BCUT2D eigenvalue weighted by Gasteiger charge is 2.37. The molecule has 2 atom stereocenters. The fourth-order valence-electron chi connectivity index (χ4n) is 3.57. The topological polar surface area (TPSA) is 50.1 Å². The molecule has 2 aliphatic rings. The Morgan fingerprint density at radius 2 is 2.04 bits per heavy atom. The highest BCUT2D eigenvalue weighted by Crippen LogP contribution is 2.34. The Balaban J connectivity index is 1.59. The molecule has 1 unspecified atom stereocenters. The van der Waals surface area contributed by atoms with E-state index >= 15 is 0 Å². The van der Waals surface area contributed by atoms with E-state index in [4.69, 9.17) is 0 Å². The van der Waals surface area contributed by atoms with Gasteiger partial charge in [-0.2, -0.15) is 5.10 Å². The molecule has 2 aliphatic heterocycles. The third kappa shape index (κ3) is 3.00. The quantitative estimate of drug-likeness (QED) is 0.548. The number of fused-ring (bicyclic) bond motifs is 2. The summed E-state index contributed by atoms with van der Waals surface area (Å²) in [6, 6.07) is 0. The molecule has 0 saturated carbocycles. The summed E-state index contributed by atoms with van der Waals surface area (Å²) in [5.41, 5.74) is 0.998. The van der Waals surface area contributed by atoms with E-state index in [2.05, 4.69) is 45.9 Å². The van der Waals surface area contributed by atoms with E-state index in [-0.39, 0.29) is 0 Å². The van der Waals surface area contributed by atoms with Gasteiger partial charge in [0.25, 0.3) is 6.43 Å². The van der Waals surface area contributed by atoms with Crippen molar-refractivity contribution in [2.45, 2.75) is 19.4 Å². The number of hydrogen-bond acceptors (Lipinski definition) is 5. The number of alkyl halides is 2. The molecule has 0 amide bonds. The second kappa shape index (κ2) is 6.08. The van der Waals surface area contributed by atoms with Crippen LogP contribution in [-0.2, 0) is 6.54 Å². The summed E-state index contributed by atoms with van der Waals surface area (Å²) in [5, 5.41) is 3.97. The first-order valence-corrected chi connectivity index (χ1v) is 8.69. The molecule has 2 aromatic heterocycles. The third-order valence-corrected chi connectivity index (χ3v) is 5.60. The van der Waals surface area contributed by atoms with E-state index in [1.165, 1.54) is 17.3 Å². The lowest BCUT2D eigenvalue weighted by atomic mass is 9.90. The second-order valence-electron chi connectivity index (χ2n) is 6.24. The number of hydrogen-bond donors (Lipinski definition) is 0. The number of piperidine rings is 1. The molecule has 0 radical (unpaired) electrons. The van der Waals surface area contributed by atoms with Crippen molar-refractivity contribution in [3.8, 4) is 0 Å². The zero-order chi connectivity index (χ0) is 16.0. The maximum Gasteiger partial charge on any atom is 0.258 e. The lowest BCUT2D eigenvalue weighted by Gasteiger charge is -2.29. The molecule has 124 valence electrons. The molecule has 2 aromatic rings. The Morgan fingerprint density at radius 1 is 1.22 bits per heavy atom. The van der Waals surface area contributed by atoms with Gasteiger partial charge in [-0.25, -0.2) is 26.5 Å². The predicted molar refractivity (Wildman–Crippen MR) is 90.7 cm³/mol. The lowest BCUT2D eigenvalue weighted by Crippen LogP contribution is -2.33. The number of rotatable bonds is 3. The summed E-state index contributed by atoms with van der Waals surface area (Å²) in [7, 11) is 0. The highest BCUT2D eigenvalue weighted by molar-refractivity contribution is 14.1. The van der Waals surface area contributed by atoms with Gasteiger partial charge in [-0.3, -0.25) is 0 Å². The Labute approximate surface area is 146 Å². The van der Waals surface area contributed by atoms with Crippen molar-refractivity contribution in [2.75, 3.05) is 31.1 Å². The van der Waals surface area contributed by atoms with Gasteiger partial charge >= 0.3 is 0 Å². The monoisotopic (exact) mass is 434 g/mol. The van der Waals surface area contributed by atoms with Gasteiger partial charge in [0.2, 0.25) is 0 Å². The summed E-state index contributed by atoms with van der Waals surface area (Å²) >= 11 is 2.39. The minimum atomic E-state index is -2.45. The van der Waals surface area contributed by atoms with Crippen LogP contribution >= 0.6 is 22.9 Å². The molecular weight excluding hydrogens is 417 g/mol. The van der Waals surface area contributed by atoms with Crippen LogP contribution in [0.4, 0.5) is 14.6 Å². The summed E-state index contributed by atoms with van der Waals surface area (Å²) in [4.78, 5) is 11.1. The molecule has 4 rings (SSSR count). The fraction of sp³-hybridized carbons (Fsp3) is 0.643. The van der Waals surface area contributed by atoms with Crippen LogP contribution in [0.5, 0.6) is 0 Å². The smallest absolute Gasteiger partial charge is 0.258 e. The van der Waals surface area contributed by atoms with Crippen LogP contribution in [0.2, 0.25) is 0 Å². The van der Waals surface area contributed by atoms with Crippen molar-refractivity contribution in [3.63, 3.8) is 0 Å². The average Bonchev–Trinajstić information content (AvgIpc) is 3.10. The van der Waals surface area contributed by atoms with Gasteiger partial charge in [0.15, 0.2) is 5.65 Å². The summed E-state index contributed by atoms with van der Waals surface area (Å²) < 4.78 is 28.9. The first-order valence-electron chi connectivity index (χ1n) is 7.72. The molecule has 0 bridgehead atoms. The second-order valence-corrected chi connectivity index (χ2v) is 7.60. The average molecular weight is 434 g/mol. The first kappa shape index (κ1) is 15.4. The van der Waals surface area contributed by atoms with Crippen LogP contribution in [0, 0.1) is 11.8 Å². The minimum Gasteiger partial charge on any atom is -0.355 e. The van der Waals surface area contributed by atoms with Crippen LogP contribution in [0.15, 0.2) is 12.4 Å². The highest BCUT2D eigenvalue weighted by atomic mass is 127. The molecule has 0 aliphatic carbocycles. The lowest BCUT2D eigenvalue weighted by molar-refractivity contribution is 0.123. The zero-order valence-corrected chi connectivity index (χ0v) is 14.6. The van der Waals surface area contributed by atoms with Crippen LogP contribution in [0.25, 0.3) is 11.2 Å². The largest absolute Gasteiger partial charge is 0.355 e. The maximum absolute atomic E-state index is 12.6. The molecule has 6 nitrogen and oxygen atoms in total. The van der Waals surface area contributed by atoms with E-state index in [9.17, 15) is 8.78 Å². The fourth-order valence-corrected chi connectivity index (χ4v) is 4.35. The van der Waals surface area contributed by atoms with E-state index in [1.54, 1.807) is 6.20 Å². The Kier molecular flexibility index (Phi) is 4.08. The van der Waals surface area contributed by atoms with E-state index < -0.39 is 13.0 Å². The minimum absolute atomic E-state index is 0.438. The SMILES string of the molecule is FC(F)Cn1ncc2ncc(N3CC4CCN(I)C[C@@H]4C3)nc21. The molecule has 2 fully saturated rings. The van der Waals surface area contributed by atoms with Gasteiger partial charge in [0, 0.05) is 49.0 Å². The van der Waals surface area contributed by atoms with Crippen molar-refractivity contribution in [1.29, 1.82) is 0 Å². The van der Waals surface area contributed by atoms with Gasteiger partial charge in [0.05, 0.1) is 12.4 Å². The first-order chi connectivity index (χ1) is 11.1. The van der Waals surface area contributed by atoms with Crippen molar-refractivity contribution >= 4 is 39.8 Å². The normalized spacial score (nSPS) is 25.5. The Hall–Kier alpha value is -1.10. The standard InChI is InChI=1S/C14H17F2IN6/c15-12(16)8-23-14-11(3-19-23)18-4-13(20-14)21-5-9-1-2-22(17)7-10(9)6-21/h3-4,9-10,12H,1-2,5-8H2/t9?,10-/m0/s1. The number of aromatic nitrogens is 4. The van der Waals surface area contributed by atoms with Crippen molar-refractivity contribution in [2.24, 2.45) is 11.8 Å². The molecule has 23 heavy (non-hydrogen) atoms. The molecule has 9 heteroatoms. The van der Waals surface area contributed by atoms with Crippen molar-refractivity contribution < 1.29 is 8.78 Å². The van der Waals surface area contributed by atoms with Gasteiger partial charge in [-0.1, -0.05) is 0 Å². The van der Waals surface area contributed by atoms with Crippen LogP contribution in [0.3, 0.4) is 0 Å². The Bertz CT molecular complexity index is 708. The summed E-state index contributed by atoms with van der Waals surface area (Å²) in [6.45, 7) is 3.70. The van der Waals surface area contributed by atoms with Crippen LogP contribution in [-0.4, -0.2) is 55.5 Å². The van der Waals surface area contributed by atoms with Crippen LogP contribution in [0.1, 0.15) is 6.42 Å². The van der Waals surface area contributed by atoms with Crippen molar-refractivity contribution in [3.05, 3.63) is 12.4 Å². The van der Waals surface area contributed by atoms with Gasteiger partial charge < -0.3 is 4.90 Å². The van der Waals surface area contributed by atoms with Crippen molar-refractivity contribution in [1.82, 2.24) is 22.9 Å². The third-order valence-electron chi connectivity index (χ3n) is 4.72. The van der Waals surface area contributed by atoms with E-state index in [0.29, 0.717) is 23.0 Å². The molecule has 4 heterocycles. The summed E-state index contributed by atoms with van der Waals surface area (Å²) in [6.07, 6.45) is 1.97. The zero-order valence-electron chi connectivity index (χ0n) is 12.4. The molecule has 0 N–H and O–H groups in total. The number of halogens is 3. The van der Waals surface area contributed by atoms with Gasteiger partial charge in [-0.15, -0.1) is 0 Å². The van der Waals surface area contributed by atoms with Gasteiger partial charge in [0.1, 0.15) is 17.9 Å². The van der Waals surface area contributed by atoms with Gasteiger partial charge in [-0.05, 0) is 18.3 Å². The van der Waals surface area contributed by atoms with E-state index in [1.807, 2.05) is 0 Å². The molecule has 0 spiro atoms. The number of nitrogens with zero attached hydrogens (tertiary/aromatic N) is 6. The van der Waals surface area contributed by atoms with Crippen LogP contribution < -0.4 is 4.90 Å².